The maximum Gasteiger partial charge on any atom is 0.268 e. The van der Waals surface area contributed by atoms with E-state index in [4.69, 9.17) is 14.2 Å². The van der Waals surface area contributed by atoms with Crippen LogP contribution < -0.4 is 18.9 Å². The van der Waals surface area contributed by atoms with Crippen molar-refractivity contribution in [2.75, 3.05) is 20.3 Å². The summed E-state index contributed by atoms with van der Waals surface area (Å²) in [6, 6.07) is 9.13. The molecule has 1 N–H and O–H groups in total. The molecule has 8 heteroatoms. The van der Waals surface area contributed by atoms with Gasteiger partial charge in [0.1, 0.15) is 19.0 Å². The molecule has 0 atom stereocenters. The highest BCUT2D eigenvalue weighted by atomic mass is 32.2. The summed E-state index contributed by atoms with van der Waals surface area (Å²) in [4.78, 5) is 12.3. The molecule has 0 bridgehead atoms. The van der Waals surface area contributed by atoms with Crippen LogP contribution in [0.1, 0.15) is 15.9 Å². The Morgan fingerprint density at radius 1 is 1.08 bits per heavy atom. The van der Waals surface area contributed by atoms with E-state index in [0.717, 1.165) is 5.56 Å². The maximum atomic E-state index is 12.5. The maximum absolute atomic E-state index is 12.5. The third-order valence-corrected chi connectivity index (χ3v) is 4.98. The first-order valence-electron chi connectivity index (χ1n) is 7.52. The number of nitrogens with one attached hydrogen (secondary N) is 1. The molecule has 0 radical (unpaired) electrons. The smallest absolute Gasteiger partial charge is 0.268 e. The van der Waals surface area contributed by atoms with E-state index in [0.29, 0.717) is 30.5 Å². The van der Waals surface area contributed by atoms with Crippen LogP contribution in [0, 0.1) is 6.92 Å². The van der Waals surface area contributed by atoms with Gasteiger partial charge in [0.05, 0.1) is 17.6 Å². The van der Waals surface area contributed by atoms with E-state index >= 15 is 0 Å². The summed E-state index contributed by atoms with van der Waals surface area (Å²) in [7, 11) is -2.66. The number of ether oxygens (including phenoxy) is 3. The summed E-state index contributed by atoms with van der Waals surface area (Å²) in [5, 5.41) is 0. The summed E-state index contributed by atoms with van der Waals surface area (Å²) in [5.41, 5.74) is 0.950. The molecule has 1 heterocycles. The summed E-state index contributed by atoms with van der Waals surface area (Å²) in [5.74, 6) is 0.322. The van der Waals surface area contributed by atoms with Crippen molar-refractivity contribution in [3.8, 4) is 17.2 Å². The molecule has 2 aromatic rings. The number of sulfonamides is 1. The quantitative estimate of drug-likeness (QED) is 0.892. The average Bonchev–Trinajstić information content (AvgIpc) is 2.60. The van der Waals surface area contributed by atoms with Gasteiger partial charge in [-0.2, -0.15) is 0 Å². The molecule has 0 aliphatic carbocycles. The molecule has 0 spiro atoms. The van der Waals surface area contributed by atoms with Crippen molar-refractivity contribution in [1.29, 1.82) is 0 Å². The Morgan fingerprint density at radius 2 is 1.80 bits per heavy atom. The fourth-order valence-electron chi connectivity index (χ4n) is 2.43. The molecule has 0 fully saturated rings. The standard InChI is InChI=1S/C17H17NO6S/c1-11-3-5-14(22-2)13(9-11)17(19)18-25(20,21)12-4-6-15-16(10-12)24-8-7-23-15/h3-6,9-10H,7-8H2,1-2H3,(H,18,19). The summed E-state index contributed by atoms with van der Waals surface area (Å²) < 4.78 is 43.0. The van der Waals surface area contributed by atoms with Crippen LogP contribution in [0.5, 0.6) is 17.2 Å². The normalized spacial score (nSPS) is 13.2. The highest BCUT2D eigenvalue weighted by Crippen LogP contribution is 2.32. The number of carbonyl (C=O) groups excluding carboxylic acids is 1. The van der Waals surface area contributed by atoms with Crippen molar-refractivity contribution in [3.05, 3.63) is 47.5 Å². The van der Waals surface area contributed by atoms with Crippen LogP contribution in [0.25, 0.3) is 0 Å². The molecule has 25 heavy (non-hydrogen) atoms. The van der Waals surface area contributed by atoms with Crippen molar-refractivity contribution in [3.63, 3.8) is 0 Å². The molecule has 2 aromatic carbocycles. The van der Waals surface area contributed by atoms with Gasteiger partial charge in [0.2, 0.25) is 0 Å². The van der Waals surface area contributed by atoms with Gasteiger partial charge in [0, 0.05) is 6.07 Å². The zero-order valence-corrected chi connectivity index (χ0v) is 14.6. The van der Waals surface area contributed by atoms with Gasteiger partial charge in [-0.25, -0.2) is 13.1 Å². The van der Waals surface area contributed by atoms with Gasteiger partial charge >= 0.3 is 0 Å². The van der Waals surface area contributed by atoms with Crippen LogP contribution in [0.2, 0.25) is 0 Å². The predicted molar refractivity (Wildman–Crippen MR) is 89.8 cm³/mol. The van der Waals surface area contributed by atoms with E-state index in [1.54, 1.807) is 25.1 Å². The van der Waals surface area contributed by atoms with Gasteiger partial charge in [-0.3, -0.25) is 4.79 Å². The number of amides is 1. The van der Waals surface area contributed by atoms with Crippen LogP contribution >= 0.6 is 0 Å². The van der Waals surface area contributed by atoms with E-state index in [1.807, 2.05) is 0 Å². The lowest BCUT2D eigenvalue weighted by Gasteiger charge is -2.19. The lowest BCUT2D eigenvalue weighted by atomic mass is 10.1. The Kier molecular flexibility index (Phi) is 4.54. The van der Waals surface area contributed by atoms with E-state index in [1.165, 1.54) is 25.3 Å². The summed E-state index contributed by atoms with van der Waals surface area (Å²) in [6.45, 7) is 2.54. The van der Waals surface area contributed by atoms with Crippen molar-refractivity contribution < 1.29 is 27.4 Å². The largest absolute Gasteiger partial charge is 0.496 e. The molecule has 0 aromatic heterocycles. The van der Waals surface area contributed by atoms with E-state index in [-0.39, 0.29) is 10.5 Å². The minimum absolute atomic E-state index is 0.0864. The third kappa shape index (κ3) is 3.53. The number of benzene rings is 2. The monoisotopic (exact) mass is 363 g/mol. The highest BCUT2D eigenvalue weighted by Gasteiger charge is 2.23. The Labute approximate surface area is 145 Å². The number of hydrogen-bond donors (Lipinski definition) is 1. The van der Waals surface area contributed by atoms with Gasteiger partial charge in [-0.15, -0.1) is 0 Å². The summed E-state index contributed by atoms with van der Waals surface area (Å²) >= 11 is 0. The zero-order chi connectivity index (χ0) is 18.0. The molecule has 7 nitrogen and oxygen atoms in total. The molecule has 1 aliphatic heterocycles. The van der Waals surface area contributed by atoms with E-state index < -0.39 is 15.9 Å². The van der Waals surface area contributed by atoms with Crippen LogP contribution in [-0.2, 0) is 10.0 Å². The molecule has 132 valence electrons. The number of carbonyl (C=O) groups is 1. The molecule has 0 saturated carbocycles. The average molecular weight is 363 g/mol. The van der Waals surface area contributed by atoms with Gasteiger partial charge in [0.15, 0.2) is 11.5 Å². The zero-order valence-electron chi connectivity index (χ0n) is 13.7. The van der Waals surface area contributed by atoms with Crippen LogP contribution in [0.4, 0.5) is 0 Å². The minimum Gasteiger partial charge on any atom is -0.496 e. The second kappa shape index (κ2) is 6.64. The van der Waals surface area contributed by atoms with Crippen LogP contribution in [0.15, 0.2) is 41.3 Å². The summed E-state index contributed by atoms with van der Waals surface area (Å²) in [6.07, 6.45) is 0. The van der Waals surface area contributed by atoms with Gasteiger partial charge in [-0.1, -0.05) is 11.6 Å². The molecular weight excluding hydrogens is 346 g/mol. The minimum atomic E-state index is -4.07. The molecule has 0 unspecified atom stereocenters. The van der Waals surface area contributed by atoms with E-state index in [2.05, 4.69) is 4.72 Å². The second-order valence-electron chi connectivity index (χ2n) is 5.44. The highest BCUT2D eigenvalue weighted by molar-refractivity contribution is 7.90. The topological polar surface area (TPSA) is 90.9 Å². The first-order valence-corrected chi connectivity index (χ1v) is 9.00. The van der Waals surface area contributed by atoms with Crippen molar-refractivity contribution >= 4 is 15.9 Å². The second-order valence-corrected chi connectivity index (χ2v) is 7.13. The fraction of sp³-hybridized carbons (Fsp3) is 0.235. The van der Waals surface area contributed by atoms with Gasteiger partial charge < -0.3 is 14.2 Å². The number of rotatable bonds is 4. The van der Waals surface area contributed by atoms with Crippen molar-refractivity contribution in [2.24, 2.45) is 0 Å². The Hall–Kier alpha value is -2.74. The molecule has 0 saturated heterocycles. The number of hydrogen-bond acceptors (Lipinski definition) is 6. The third-order valence-electron chi connectivity index (χ3n) is 3.65. The first-order chi connectivity index (χ1) is 11.9. The number of fused-ring (bicyclic) bond motifs is 1. The van der Waals surface area contributed by atoms with Crippen molar-refractivity contribution in [1.82, 2.24) is 4.72 Å². The molecule has 1 aliphatic rings. The molecular formula is C17H17NO6S. The van der Waals surface area contributed by atoms with Crippen LogP contribution in [0.3, 0.4) is 0 Å². The number of aryl methyl sites for hydroxylation is 1. The predicted octanol–water partition coefficient (Wildman–Crippen LogP) is 1.89. The Balaban J connectivity index is 1.89. The lowest BCUT2D eigenvalue weighted by molar-refractivity contribution is 0.0978. The lowest BCUT2D eigenvalue weighted by Crippen LogP contribution is -2.31. The Morgan fingerprint density at radius 3 is 2.52 bits per heavy atom. The first kappa shape index (κ1) is 17.1. The number of methoxy groups -OCH3 is 1. The van der Waals surface area contributed by atoms with Gasteiger partial charge in [-0.05, 0) is 31.2 Å². The Bertz CT molecular complexity index is 923. The fourth-order valence-corrected chi connectivity index (χ4v) is 3.41. The van der Waals surface area contributed by atoms with Crippen molar-refractivity contribution in [2.45, 2.75) is 11.8 Å². The molecule has 1 amide bonds. The van der Waals surface area contributed by atoms with Crippen LogP contribution in [-0.4, -0.2) is 34.6 Å². The van der Waals surface area contributed by atoms with E-state index in [9.17, 15) is 13.2 Å². The van der Waals surface area contributed by atoms with Gasteiger partial charge in [0.25, 0.3) is 15.9 Å². The molecule has 3 rings (SSSR count). The SMILES string of the molecule is COc1ccc(C)cc1C(=O)NS(=O)(=O)c1ccc2c(c1)OCCO2.